The molecule has 5 unspecified atom stereocenters. The standard InChI is InChI=1S/C16H22N2O/c1-5-14-9(2)10(3)16(19-14)13-7-6-12-11(4)17-8-18-15(12)13/h6-10,13-14,16H,5H2,1-4H3. The summed E-state index contributed by atoms with van der Waals surface area (Å²) in [7, 11) is 0. The highest BCUT2D eigenvalue weighted by atomic mass is 16.5. The van der Waals surface area contributed by atoms with Gasteiger partial charge in [-0.25, -0.2) is 9.97 Å². The van der Waals surface area contributed by atoms with Gasteiger partial charge in [-0.2, -0.15) is 0 Å². The minimum Gasteiger partial charge on any atom is -0.373 e. The summed E-state index contributed by atoms with van der Waals surface area (Å²) in [6, 6.07) is 0. The zero-order valence-electron chi connectivity index (χ0n) is 12.1. The molecule has 5 atom stereocenters. The van der Waals surface area contributed by atoms with Gasteiger partial charge in [0, 0.05) is 17.2 Å². The Morgan fingerprint density at radius 3 is 2.68 bits per heavy atom. The minimum atomic E-state index is 0.256. The van der Waals surface area contributed by atoms with Gasteiger partial charge in [0.1, 0.15) is 6.33 Å². The first-order valence-electron chi connectivity index (χ1n) is 7.28. The SMILES string of the molecule is CCC1OC(C2C=Cc3c(C)ncnc32)C(C)C1C. The lowest BCUT2D eigenvalue weighted by atomic mass is 9.84. The van der Waals surface area contributed by atoms with Gasteiger partial charge in [0.15, 0.2) is 0 Å². The Morgan fingerprint density at radius 1 is 1.21 bits per heavy atom. The van der Waals surface area contributed by atoms with Crippen molar-refractivity contribution in [3.8, 4) is 0 Å². The van der Waals surface area contributed by atoms with Gasteiger partial charge in [-0.3, -0.25) is 0 Å². The molecule has 0 saturated carbocycles. The Labute approximate surface area is 115 Å². The first-order valence-corrected chi connectivity index (χ1v) is 7.28. The summed E-state index contributed by atoms with van der Waals surface area (Å²) in [5, 5.41) is 0. The molecule has 1 fully saturated rings. The molecule has 1 aromatic rings. The van der Waals surface area contributed by atoms with E-state index in [4.69, 9.17) is 4.74 Å². The quantitative estimate of drug-likeness (QED) is 0.816. The molecule has 1 saturated heterocycles. The molecule has 0 bridgehead atoms. The van der Waals surface area contributed by atoms with E-state index < -0.39 is 0 Å². The first-order chi connectivity index (χ1) is 9.13. The topological polar surface area (TPSA) is 35.0 Å². The van der Waals surface area contributed by atoms with E-state index in [0.717, 1.165) is 17.8 Å². The number of aryl methyl sites for hydroxylation is 1. The normalized spacial score (nSPS) is 36.7. The Bertz CT molecular complexity index is 511. The summed E-state index contributed by atoms with van der Waals surface area (Å²) in [4.78, 5) is 8.78. The largest absolute Gasteiger partial charge is 0.373 e. The Kier molecular flexibility index (Phi) is 3.17. The molecule has 0 amide bonds. The van der Waals surface area contributed by atoms with E-state index in [0.29, 0.717) is 23.9 Å². The molecule has 0 aromatic carbocycles. The van der Waals surface area contributed by atoms with E-state index in [2.05, 4.69) is 42.9 Å². The highest BCUT2D eigenvalue weighted by Gasteiger charge is 2.43. The smallest absolute Gasteiger partial charge is 0.115 e. The van der Waals surface area contributed by atoms with E-state index in [1.165, 1.54) is 5.56 Å². The number of aromatic nitrogens is 2. The summed E-state index contributed by atoms with van der Waals surface area (Å²) in [5.74, 6) is 1.49. The van der Waals surface area contributed by atoms with Crippen molar-refractivity contribution in [1.82, 2.24) is 9.97 Å². The monoisotopic (exact) mass is 258 g/mol. The van der Waals surface area contributed by atoms with Crippen LogP contribution in [0.3, 0.4) is 0 Å². The summed E-state index contributed by atoms with van der Waals surface area (Å²) in [5.41, 5.74) is 3.40. The van der Waals surface area contributed by atoms with Crippen LogP contribution in [0.15, 0.2) is 12.4 Å². The van der Waals surface area contributed by atoms with Crippen LogP contribution in [0.5, 0.6) is 0 Å². The highest BCUT2D eigenvalue weighted by Crippen LogP contribution is 2.44. The third-order valence-electron chi connectivity index (χ3n) is 4.92. The fourth-order valence-electron chi connectivity index (χ4n) is 3.50. The predicted octanol–water partition coefficient (Wildman–Crippen LogP) is 3.35. The van der Waals surface area contributed by atoms with Crippen LogP contribution in [-0.2, 0) is 4.74 Å². The number of ether oxygens (including phenoxy) is 1. The van der Waals surface area contributed by atoms with Crippen LogP contribution in [0.1, 0.15) is 50.1 Å². The molecule has 3 nitrogen and oxygen atoms in total. The van der Waals surface area contributed by atoms with Crippen LogP contribution in [0.4, 0.5) is 0 Å². The van der Waals surface area contributed by atoms with E-state index >= 15 is 0 Å². The molecule has 0 radical (unpaired) electrons. The van der Waals surface area contributed by atoms with Crippen LogP contribution in [0.25, 0.3) is 6.08 Å². The van der Waals surface area contributed by atoms with Crippen molar-refractivity contribution in [3.05, 3.63) is 29.4 Å². The Hall–Kier alpha value is -1.22. The van der Waals surface area contributed by atoms with E-state index in [1.807, 2.05) is 6.92 Å². The van der Waals surface area contributed by atoms with Gasteiger partial charge < -0.3 is 4.74 Å². The lowest BCUT2D eigenvalue weighted by molar-refractivity contribution is 0.0213. The van der Waals surface area contributed by atoms with Crippen LogP contribution in [0, 0.1) is 18.8 Å². The summed E-state index contributed by atoms with van der Waals surface area (Å²) in [6.45, 7) is 8.87. The number of fused-ring (bicyclic) bond motifs is 1. The molecule has 2 heterocycles. The molecule has 3 rings (SSSR count). The van der Waals surface area contributed by atoms with Gasteiger partial charge in [0.05, 0.1) is 17.9 Å². The first kappa shape index (κ1) is 12.8. The summed E-state index contributed by atoms with van der Waals surface area (Å²) in [6.07, 6.45) is 7.82. The van der Waals surface area contributed by atoms with Crippen LogP contribution >= 0.6 is 0 Å². The molecule has 2 aliphatic rings. The molecule has 0 spiro atoms. The van der Waals surface area contributed by atoms with Gasteiger partial charge in [0.2, 0.25) is 0 Å². The van der Waals surface area contributed by atoms with Crippen LogP contribution < -0.4 is 0 Å². The molecule has 3 heteroatoms. The maximum Gasteiger partial charge on any atom is 0.115 e. The number of rotatable bonds is 2. The predicted molar refractivity (Wildman–Crippen MR) is 75.8 cm³/mol. The number of hydrogen-bond acceptors (Lipinski definition) is 3. The van der Waals surface area contributed by atoms with Gasteiger partial charge in [-0.1, -0.05) is 32.9 Å². The average molecular weight is 258 g/mol. The molecule has 102 valence electrons. The third-order valence-corrected chi connectivity index (χ3v) is 4.92. The number of hydrogen-bond donors (Lipinski definition) is 0. The summed E-state index contributed by atoms with van der Waals surface area (Å²) >= 11 is 0. The number of nitrogens with zero attached hydrogens (tertiary/aromatic N) is 2. The van der Waals surface area contributed by atoms with Crippen LogP contribution in [-0.4, -0.2) is 22.2 Å². The molecular formula is C16H22N2O. The maximum absolute atomic E-state index is 6.30. The fourth-order valence-corrected chi connectivity index (χ4v) is 3.50. The van der Waals surface area contributed by atoms with Gasteiger partial charge >= 0.3 is 0 Å². The van der Waals surface area contributed by atoms with Crippen molar-refractivity contribution in [2.45, 2.75) is 52.2 Å². The minimum absolute atomic E-state index is 0.256. The zero-order valence-corrected chi connectivity index (χ0v) is 12.1. The van der Waals surface area contributed by atoms with Gasteiger partial charge in [-0.05, 0) is 25.2 Å². The van der Waals surface area contributed by atoms with E-state index in [9.17, 15) is 0 Å². The Balaban J connectivity index is 1.91. The lowest BCUT2D eigenvalue weighted by Crippen LogP contribution is -2.23. The van der Waals surface area contributed by atoms with Crippen molar-refractivity contribution < 1.29 is 4.74 Å². The van der Waals surface area contributed by atoms with E-state index in [1.54, 1.807) is 6.33 Å². The van der Waals surface area contributed by atoms with Gasteiger partial charge in [0.25, 0.3) is 0 Å². The van der Waals surface area contributed by atoms with Crippen molar-refractivity contribution in [1.29, 1.82) is 0 Å². The Morgan fingerprint density at radius 2 is 2.00 bits per heavy atom. The van der Waals surface area contributed by atoms with Crippen molar-refractivity contribution in [2.24, 2.45) is 11.8 Å². The van der Waals surface area contributed by atoms with Crippen molar-refractivity contribution in [2.75, 3.05) is 0 Å². The molecule has 19 heavy (non-hydrogen) atoms. The van der Waals surface area contributed by atoms with Gasteiger partial charge in [-0.15, -0.1) is 0 Å². The second-order valence-corrected chi connectivity index (χ2v) is 5.91. The van der Waals surface area contributed by atoms with E-state index in [-0.39, 0.29) is 6.10 Å². The van der Waals surface area contributed by atoms with Crippen molar-refractivity contribution in [3.63, 3.8) is 0 Å². The average Bonchev–Trinajstić information content (AvgIpc) is 2.94. The second kappa shape index (κ2) is 4.71. The van der Waals surface area contributed by atoms with Crippen molar-refractivity contribution >= 4 is 6.08 Å². The third kappa shape index (κ3) is 1.91. The zero-order chi connectivity index (χ0) is 13.6. The molecular weight excluding hydrogens is 236 g/mol. The molecule has 1 aliphatic heterocycles. The maximum atomic E-state index is 6.30. The van der Waals surface area contributed by atoms with Crippen LogP contribution in [0.2, 0.25) is 0 Å². The fraction of sp³-hybridized carbons (Fsp3) is 0.625. The molecule has 1 aliphatic carbocycles. The lowest BCUT2D eigenvalue weighted by Gasteiger charge is -2.22. The molecule has 0 N–H and O–H groups in total. The summed E-state index contributed by atoms with van der Waals surface area (Å²) < 4.78 is 6.30. The highest BCUT2D eigenvalue weighted by molar-refractivity contribution is 5.62. The molecule has 1 aromatic heterocycles. The second-order valence-electron chi connectivity index (χ2n) is 5.91.